The molecular formula is C16H11Br2IN2O. The van der Waals surface area contributed by atoms with Gasteiger partial charge in [0.25, 0.3) is 0 Å². The quantitative estimate of drug-likeness (QED) is 0.426. The Balaban J connectivity index is 1.88. The second kappa shape index (κ2) is 6.72. The first-order chi connectivity index (χ1) is 10.5. The zero-order chi connectivity index (χ0) is 15.7. The normalized spacial score (nSPS) is 10.9. The zero-order valence-corrected chi connectivity index (χ0v) is 16.6. The lowest BCUT2D eigenvalue weighted by Gasteiger charge is -2.09. The molecule has 1 aromatic heterocycles. The van der Waals surface area contributed by atoms with Crippen LogP contribution in [0.2, 0.25) is 0 Å². The van der Waals surface area contributed by atoms with Crippen LogP contribution in [0.25, 0.3) is 10.9 Å². The first-order valence-electron chi connectivity index (χ1n) is 6.50. The molecule has 0 spiro atoms. The maximum Gasteiger partial charge on any atom is 0.156 e. The number of pyridine rings is 1. The van der Waals surface area contributed by atoms with E-state index in [1.54, 1.807) is 0 Å². The molecule has 0 aliphatic heterocycles. The molecule has 1 heterocycles. The molecule has 0 unspecified atom stereocenters. The Morgan fingerprint density at radius 2 is 1.77 bits per heavy atom. The third kappa shape index (κ3) is 3.38. The van der Waals surface area contributed by atoms with Gasteiger partial charge in [0.15, 0.2) is 5.75 Å². The van der Waals surface area contributed by atoms with E-state index in [-0.39, 0.29) is 5.75 Å². The number of hydrogen-bond acceptors (Lipinski definition) is 3. The van der Waals surface area contributed by atoms with Crippen LogP contribution in [-0.4, -0.2) is 10.1 Å². The van der Waals surface area contributed by atoms with Crippen molar-refractivity contribution in [2.24, 2.45) is 0 Å². The third-order valence-corrected chi connectivity index (χ3v) is 5.21. The summed E-state index contributed by atoms with van der Waals surface area (Å²) in [5.41, 5.74) is 2.50. The average molecular weight is 534 g/mol. The second-order valence-corrected chi connectivity index (χ2v) is 7.70. The predicted molar refractivity (Wildman–Crippen MR) is 105 cm³/mol. The molecule has 0 atom stereocenters. The molecule has 3 aromatic rings. The summed E-state index contributed by atoms with van der Waals surface area (Å²) in [5, 5.41) is 14.4. The molecule has 112 valence electrons. The van der Waals surface area contributed by atoms with Gasteiger partial charge in [0, 0.05) is 19.1 Å². The van der Waals surface area contributed by atoms with Gasteiger partial charge in [0.05, 0.1) is 16.7 Å². The summed E-state index contributed by atoms with van der Waals surface area (Å²) in [6, 6.07) is 13.9. The Kier molecular flexibility index (Phi) is 4.89. The number of phenolic OH excluding ortho intramolecular Hbond substituents is 1. The number of aromatic hydroxyl groups is 1. The summed E-state index contributed by atoms with van der Waals surface area (Å²) in [6.45, 7) is 0.597. The van der Waals surface area contributed by atoms with Gasteiger partial charge in [-0.05, 0) is 81.0 Å². The van der Waals surface area contributed by atoms with Gasteiger partial charge < -0.3 is 10.4 Å². The fraction of sp³-hybridized carbons (Fsp3) is 0.0625. The van der Waals surface area contributed by atoms with Crippen molar-refractivity contribution in [1.82, 2.24) is 4.98 Å². The van der Waals surface area contributed by atoms with E-state index in [0.717, 1.165) is 21.2 Å². The molecule has 0 saturated heterocycles. The number of halogens is 3. The molecule has 0 amide bonds. The Hall–Kier alpha value is -0.860. The number of hydrogen-bond donors (Lipinski definition) is 2. The summed E-state index contributed by atoms with van der Waals surface area (Å²) in [4.78, 5) is 4.56. The van der Waals surface area contributed by atoms with Crippen LogP contribution in [-0.2, 0) is 6.54 Å². The number of fused-ring (bicyclic) bond motifs is 1. The lowest BCUT2D eigenvalue weighted by molar-refractivity contribution is 0.477. The molecule has 3 nitrogen and oxygen atoms in total. The predicted octanol–water partition coefficient (Wildman–Crippen LogP) is 5.68. The van der Waals surface area contributed by atoms with Gasteiger partial charge in [0.2, 0.25) is 0 Å². The first kappa shape index (κ1) is 16.0. The van der Waals surface area contributed by atoms with E-state index in [9.17, 15) is 5.11 Å². The highest BCUT2D eigenvalue weighted by Crippen LogP contribution is 2.36. The Labute approximate surface area is 158 Å². The average Bonchev–Trinajstić information content (AvgIpc) is 2.52. The number of aromatic nitrogens is 1. The van der Waals surface area contributed by atoms with Crippen molar-refractivity contribution < 1.29 is 5.11 Å². The minimum absolute atomic E-state index is 0.161. The van der Waals surface area contributed by atoms with Crippen LogP contribution < -0.4 is 5.32 Å². The molecule has 0 saturated carbocycles. The summed E-state index contributed by atoms with van der Waals surface area (Å²) in [6.07, 6.45) is 0. The van der Waals surface area contributed by atoms with E-state index in [4.69, 9.17) is 0 Å². The standard InChI is InChI=1S/C16H11Br2IN2O/c17-13-7-14(18)16(22)15-12(13)6-5-11(21-15)8-20-10-3-1-9(19)2-4-10/h1-7,20,22H,8H2. The third-order valence-electron chi connectivity index (χ3n) is 3.23. The maximum absolute atomic E-state index is 10.2. The summed E-state index contributed by atoms with van der Waals surface area (Å²) < 4.78 is 2.73. The zero-order valence-electron chi connectivity index (χ0n) is 11.3. The van der Waals surface area contributed by atoms with Gasteiger partial charge in [-0.3, -0.25) is 0 Å². The molecule has 3 rings (SSSR count). The van der Waals surface area contributed by atoms with E-state index in [2.05, 4.69) is 76.9 Å². The highest BCUT2D eigenvalue weighted by atomic mass is 127. The van der Waals surface area contributed by atoms with Crippen molar-refractivity contribution in [3.8, 4) is 5.75 Å². The molecule has 0 radical (unpaired) electrons. The SMILES string of the molecule is Oc1c(Br)cc(Br)c2ccc(CNc3ccc(I)cc3)nc12. The summed E-state index contributed by atoms with van der Waals surface area (Å²) in [7, 11) is 0. The monoisotopic (exact) mass is 532 g/mol. The van der Waals surface area contributed by atoms with E-state index in [1.807, 2.05) is 30.3 Å². The van der Waals surface area contributed by atoms with Gasteiger partial charge in [-0.2, -0.15) is 0 Å². The molecule has 0 fully saturated rings. The molecule has 22 heavy (non-hydrogen) atoms. The van der Waals surface area contributed by atoms with Crippen LogP contribution in [0.15, 0.2) is 51.4 Å². The lowest BCUT2D eigenvalue weighted by Crippen LogP contribution is -2.01. The molecule has 0 aliphatic carbocycles. The lowest BCUT2D eigenvalue weighted by atomic mass is 10.2. The van der Waals surface area contributed by atoms with Crippen molar-refractivity contribution in [3.63, 3.8) is 0 Å². The van der Waals surface area contributed by atoms with Gasteiger partial charge >= 0.3 is 0 Å². The number of anilines is 1. The number of nitrogens with one attached hydrogen (secondary N) is 1. The number of nitrogens with zero attached hydrogens (tertiary/aromatic N) is 1. The van der Waals surface area contributed by atoms with Crippen LogP contribution in [0.5, 0.6) is 5.75 Å². The van der Waals surface area contributed by atoms with Crippen LogP contribution in [0.1, 0.15) is 5.69 Å². The molecular weight excluding hydrogens is 523 g/mol. The van der Waals surface area contributed by atoms with Crippen molar-refractivity contribution in [1.29, 1.82) is 0 Å². The molecule has 6 heteroatoms. The minimum atomic E-state index is 0.161. The van der Waals surface area contributed by atoms with Crippen LogP contribution in [0, 0.1) is 3.57 Å². The van der Waals surface area contributed by atoms with Gasteiger partial charge in [0.1, 0.15) is 5.52 Å². The summed E-state index contributed by atoms with van der Waals surface area (Å²) in [5.74, 6) is 0.161. The van der Waals surface area contributed by atoms with Gasteiger partial charge in [-0.25, -0.2) is 4.98 Å². The van der Waals surface area contributed by atoms with E-state index in [0.29, 0.717) is 16.5 Å². The molecule has 0 bridgehead atoms. The Morgan fingerprint density at radius 1 is 1.05 bits per heavy atom. The largest absolute Gasteiger partial charge is 0.505 e. The fourth-order valence-electron chi connectivity index (χ4n) is 2.10. The number of rotatable bonds is 3. The van der Waals surface area contributed by atoms with Crippen LogP contribution >= 0.6 is 54.5 Å². The number of benzene rings is 2. The van der Waals surface area contributed by atoms with Crippen molar-refractivity contribution in [2.45, 2.75) is 6.54 Å². The van der Waals surface area contributed by atoms with Crippen LogP contribution in [0.4, 0.5) is 5.69 Å². The molecule has 2 aromatic carbocycles. The fourth-order valence-corrected chi connectivity index (χ4v) is 3.73. The van der Waals surface area contributed by atoms with E-state index >= 15 is 0 Å². The highest BCUT2D eigenvalue weighted by molar-refractivity contribution is 14.1. The Bertz CT molecular complexity index is 838. The smallest absolute Gasteiger partial charge is 0.156 e. The van der Waals surface area contributed by atoms with E-state index in [1.165, 1.54) is 3.57 Å². The van der Waals surface area contributed by atoms with Crippen LogP contribution in [0.3, 0.4) is 0 Å². The van der Waals surface area contributed by atoms with Crippen molar-refractivity contribution in [2.75, 3.05) is 5.32 Å². The Morgan fingerprint density at radius 3 is 2.50 bits per heavy atom. The minimum Gasteiger partial charge on any atom is -0.505 e. The van der Waals surface area contributed by atoms with Gasteiger partial charge in [-0.1, -0.05) is 15.9 Å². The molecule has 0 aliphatic rings. The van der Waals surface area contributed by atoms with E-state index < -0.39 is 0 Å². The summed E-state index contributed by atoms with van der Waals surface area (Å²) >= 11 is 9.11. The first-order valence-corrected chi connectivity index (χ1v) is 9.17. The highest BCUT2D eigenvalue weighted by Gasteiger charge is 2.10. The molecule has 2 N–H and O–H groups in total. The van der Waals surface area contributed by atoms with Crippen molar-refractivity contribution in [3.05, 3.63) is 60.7 Å². The van der Waals surface area contributed by atoms with Crippen molar-refractivity contribution >= 4 is 71.0 Å². The second-order valence-electron chi connectivity index (χ2n) is 4.75. The number of phenols is 1. The maximum atomic E-state index is 10.2. The van der Waals surface area contributed by atoms with Gasteiger partial charge in [-0.15, -0.1) is 0 Å². The topological polar surface area (TPSA) is 45.1 Å².